The average Bonchev–Trinajstić information content (AvgIpc) is 3.00. The third-order valence-electron chi connectivity index (χ3n) is 5.84. The summed E-state index contributed by atoms with van der Waals surface area (Å²) < 4.78 is 22.9. The molecule has 0 spiro atoms. The third-order valence-corrected chi connectivity index (χ3v) is 5.84. The van der Waals surface area contributed by atoms with Crippen molar-refractivity contribution in [1.82, 2.24) is 0 Å². The van der Waals surface area contributed by atoms with Crippen LogP contribution in [0.5, 0.6) is 23.0 Å². The molecule has 0 fully saturated rings. The van der Waals surface area contributed by atoms with Crippen LogP contribution in [-0.4, -0.2) is 38.2 Å². The molecule has 0 aromatic heterocycles. The first-order chi connectivity index (χ1) is 20.2. The smallest absolute Gasteiger partial charge is 0.224 e. The highest BCUT2D eigenvalue weighted by Crippen LogP contribution is 2.25. The molecule has 0 heterocycles. The zero-order chi connectivity index (χ0) is 28.5. The highest BCUT2D eigenvalue weighted by molar-refractivity contribution is 5.94. The summed E-state index contributed by atoms with van der Waals surface area (Å²) in [5.74, 6) is 2.26. The Labute approximate surface area is 240 Å². The van der Waals surface area contributed by atoms with Gasteiger partial charge >= 0.3 is 0 Å². The molecule has 4 aromatic carbocycles. The van der Waals surface area contributed by atoms with Gasteiger partial charge in [0.1, 0.15) is 49.4 Å². The SMILES string of the molecule is O=C(CCCC(=O)Nc1ccccc1OCCOc1ccccc1)Nc1ccccc1OCCOc1ccccc1. The number of anilines is 2. The number of rotatable bonds is 16. The van der Waals surface area contributed by atoms with Crippen molar-refractivity contribution in [2.45, 2.75) is 19.3 Å². The van der Waals surface area contributed by atoms with Crippen LogP contribution < -0.4 is 29.6 Å². The standard InChI is InChI=1S/C33H34N2O6/c36-32(34-28-16-7-9-18-30(28)40-24-22-38-26-12-3-1-4-13-26)20-11-21-33(37)35-29-17-8-10-19-31(29)41-25-23-39-27-14-5-2-6-15-27/h1-10,12-19H,11,20-25H2,(H,34,36)(H,35,37). The van der Waals surface area contributed by atoms with Gasteiger partial charge in [0.25, 0.3) is 0 Å². The van der Waals surface area contributed by atoms with E-state index in [4.69, 9.17) is 18.9 Å². The van der Waals surface area contributed by atoms with Crippen LogP contribution in [0, 0.1) is 0 Å². The van der Waals surface area contributed by atoms with Crippen LogP contribution in [-0.2, 0) is 9.59 Å². The van der Waals surface area contributed by atoms with Crippen molar-refractivity contribution in [1.29, 1.82) is 0 Å². The van der Waals surface area contributed by atoms with Gasteiger partial charge in [0.15, 0.2) is 0 Å². The van der Waals surface area contributed by atoms with Gasteiger partial charge < -0.3 is 29.6 Å². The fraction of sp³-hybridized carbons (Fsp3) is 0.212. The number of hydrogen-bond acceptors (Lipinski definition) is 6. The molecule has 0 aliphatic rings. The fourth-order valence-electron chi connectivity index (χ4n) is 3.88. The highest BCUT2D eigenvalue weighted by Gasteiger charge is 2.11. The van der Waals surface area contributed by atoms with Gasteiger partial charge in [-0.25, -0.2) is 0 Å². The zero-order valence-electron chi connectivity index (χ0n) is 22.8. The number of benzene rings is 4. The van der Waals surface area contributed by atoms with Crippen LogP contribution in [0.15, 0.2) is 109 Å². The first-order valence-electron chi connectivity index (χ1n) is 13.6. The molecule has 212 valence electrons. The van der Waals surface area contributed by atoms with Crippen molar-refractivity contribution < 1.29 is 28.5 Å². The van der Waals surface area contributed by atoms with Gasteiger partial charge in [0.05, 0.1) is 11.4 Å². The number of para-hydroxylation sites is 6. The predicted octanol–water partition coefficient (Wildman–Crippen LogP) is 6.35. The van der Waals surface area contributed by atoms with Crippen molar-refractivity contribution in [3.8, 4) is 23.0 Å². The Hall–Kier alpha value is -4.98. The van der Waals surface area contributed by atoms with Crippen LogP contribution in [0.2, 0.25) is 0 Å². The summed E-state index contributed by atoms with van der Waals surface area (Å²) in [7, 11) is 0. The molecule has 0 aliphatic heterocycles. The van der Waals surface area contributed by atoms with Crippen molar-refractivity contribution >= 4 is 23.2 Å². The molecule has 4 rings (SSSR count). The van der Waals surface area contributed by atoms with E-state index in [1.165, 1.54) is 0 Å². The monoisotopic (exact) mass is 554 g/mol. The topological polar surface area (TPSA) is 95.1 Å². The third kappa shape index (κ3) is 10.3. The van der Waals surface area contributed by atoms with Crippen LogP contribution in [0.1, 0.15) is 19.3 Å². The summed E-state index contributed by atoms with van der Waals surface area (Å²) >= 11 is 0. The van der Waals surface area contributed by atoms with E-state index in [-0.39, 0.29) is 24.7 Å². The van der Waals surface area contributed by atoms with E-state index in [1.807, 2.05) is 84.9 Å². The number of carbonyl (C=O) groups excluding carboxylic acids is 2. The van der Waals surface area contributed by atoms with E-state index in [0.29, 0.717) is 55.7 Å². The summed E-state index contributed by atoms with van der Waals surface area (Å²) in [6.45, 7) is 1.40. The van der Waals surface area contributed by atoms with Crippen LogP contribution in [0.25, 0.3) is 0 Å². The molecule has 0 radical (unpaired) electrons. The molecular weight excluding hydrogens is 520 g/mol. The molecule has 0 saturated carbocycles. The minimum absolute atomic E-state index is 0.188. The number of hydrogen-bond donors (Lipinski definition) is 2. The van der Waals surface area contributed by atoms with Gasteiger partial charge in [0, 0.05) is 12.8 Å². The van der Waals surface area contributed by atoms with Gasteiger partial charge in [-0.3, -0.25) is 9.59 Å². The number of carbonyl (C=O) groups is 2. The number of nitrogens with one attached hydrogen (secondary N) is 2. The molecule has 0 aliphatic carbocycles. The second-order valence-corrected chi connectivity index (χ2v) is 8.96. The van der Waals surface area contributed by atoms with Crippen molar-refractivity contribution in [3.63, 3.8) is 0 Å². The second kappa shape index (κ2) is 16.2. The number of ether oxygens (including phenoxy) is 4. The van der Waals surface area contributed by atoms with Gasteiger partial charge in [-0.05, 0) is 55.0 Å². The van der Waals surface area contributed by atoms with Gasteiger partial charge in [-0.15, -0.1) is 0 Å². The van der Waals surface area contributed by atoms with Crippen LogP contribution in [0.4, 0.5) is 11.4 Å². The van der Waals surface area contributed by atoms with Gasteiger partial charge in [0.2, 0.25) is 11.8 Å². The van der Waals surface area contributed by atoms with E-state index >= 15 is 0 Å². The molecule has 8 heteroatoms. The quantitative estimate of drug-likeness (QED) is 0.157. The maximum absolute atomic E-state index is 12.6. The lowest BCUT2D eigenvalue weighted by atomic mass is 10.2. The van der Waals surface area contributed by atoms with Gasteiger partial charge in [-0.2, -0.15) is 0 Å². The lowest BCUT2D eigenvalue weighted by Crippen LogP contribution is -2.16. The predicted molar refractivity (Wildman–Crippen MR) is 159 cm³/mol. The molecule has 0 unspecified atom stereocenters. The molecule has 8 nitrogen and oxygen atoms in total. The summed E-state index contributed by atoms with van der Waals surface area (Å²) in [4.78, 5) is 25.1. The molecule has 2 N–H and O–H groups in total. The Morgan fingerprint density at radius 3 is 1.27 bits per heavy atom. The maximum atomic E-state index is 12.6. The molecular formula is C33H34N2O6. The molecule has 2 amide bonds. The van der Waals surface area contributed by atoms with Crippen molar-refractivity contribution in [2.75, 3.05) is 37.1 Å². The van der Waals surface area contributed by atoms with Gasteiger partial charge in [-0.1, -0.05) is 60.7 Å². The lowest BCUT2D eigenvalue weighted by Gasteiger charge is -2.14. The molecule has 4 aromatic rings. The lowest BCUT2D eigenvalue weighted by molar-refractivity contribution is -0.117. The Kier molecular flexibility index (Phi) is 11.5. The summed E-state index contributed by atoms with van der Waals surface area (Å²) in [5.41, 5.74) is 1.15. The molecule has 0 saturated heterocycles. The number of amides is 2. The molecule has 0 bridgehead atoms. The van der Waals surface area contributed by atoms with Crippen molar-refractivity contribution in [2.24, 2.45) is 0 Å². The first-order valence-corrected chi connectivity index (χ1v) is 13.6. The van der Waals surface area contributed by atoms with Crippen LogP contribution >= 0.6 is 0 Å². The normalized spacial score (nSPS) is 10.3. The Morgan fingerprint density at radius 1 is 0.463 bits per heavy atom. The minimum Gasteiger partial charge on any atom is -0.490 e. The van der Waals surface area contributed by atoms with E-state index in [9.17, 15) is 9.59 Å². The summed E-state index contributed by atoms with van der Waals surface area (Å²) in [6, 6.07) is 33.5. The second-order valence-electron chi connectivity index (χ2n) is 8.96. The van der Waals surface area contributed by atoms with Crippen LogP contribution in [0.3, 0.4) is 0 Å². The molecule has 0 atom stereocenters. The average molecular weight is 555 g/mol. The van der Waals surface area contributed by atoms with E-state index in [1.54, 1.807) is 24.3 Å². The zero-order valence-corrected chi connectivity index (χ0v) is 22.8. The van der Waals surface area contributed by atoms with E-state index < -0.39 is 0 Å². The van der Waals surface area contributed by atoms with Crippen molar-refractivity contribution in [3.05, 3.63) is 109 Å². The van der Waals surface area contributed by atoms with E-state index in [2.05, 4.69) is 10.6 Å². The highest BCUT2D eigenvalue weighted by atomic mass is 16.5. The summed E-state index contributed by atoms with van der Waals surface area (Å²) in [5, 5.41) is 5.75. The van der Waals surface area contributed by atoms with E-state index in [0.717, 1.165) is 11.5 Å². The summed E-state index contributed by atoms with van der Waals surface area (Å²) in [6.07, 6.45) is 0.765. The minimum atomic E-state index is -0.198. The maximum Gasteiger partial charge on any atom is 0.224 e. The largest absolute Gasteiger partial charge is 0.490 e. The Bertz CT molecular complexity index is 1260. The Morgan fingerprint density at radius 2 is 0.829 bits per heavy atom. The fourth-order valence-corrected chi connectivity index (χ4v) is 3.88. The Balaban J connectivity index is 1.15. The molecule has 41 heavy (non-hydrogen) atoms. The first kappa shape index (κ1) is 29.0.